The van der Waals surface area contributed by atoms with Crippen LogP contribution in [0.1, 0.15) is 164 Å². The van der Waals surface area contributed by atoms with Crippen LogP contribution in [0.3, 0.4) is 0 Å². The highest BCUT2D eigenvalue weighted by molar-refractivity contribution is 6.70. The quantitative estimate of drug-likeness (QED) is 0.111. The maximum Gasteiger partial charge on any atom is 0.371 e. The Hall–Kier alpha value is 0.0269. The fraction of sp³-hybridized carbons (Fsp3) is 1.00. The number of unbranched alkanes of at least 4 members (excludes halogenated alkanes) is 14. The van der Waals surface area contributed by atoms with E-state index in [2.05, 4.69) is 41.5 Å². The van der Waals surface area contributed by atoms with Crippen LogP contribution in [0.25, 0.3) is 0 Å². The molecule has 0 radical (unpaired) electrons. The molecule has 214 valence electrons. The molecule has 1 heterocycles. The van der Waals surface area contributed by atoms with E-state index in [1.54, 1.807) is 0 Å². The van der Waals surface area contributed by atoms with E-state index in [0.717, 1.165) is 38.7 Å². The van der Waals surface area contributed by atoms with E-state index >= 15 is 0 Å². The summed E-state index contributed by atoms with van der Waals surface area (Å²) in [6.07, 6.45) is 26.5. The summed E-state index contributed by atoms with van der Waals surface area (Å²) in [7, 11) is -2.21. The molecule has 0 aromatic carbocycles. The highest BCUT2D eigenvalue weighted by Crippen LogP contribution is 2.43. The van der Waals surface area contributed by atoms with Gasteiger partial charge in [-0.2, -0.15) is 0 Å². The van der Waals surface area contributed by atoms with Crippen molar-refractivity contribution >= 4 is 8.56 Å². The first-order valence-electron chi connectivity index (χ1n) is 15.5. The van der Waals surface area contributed by atoms with Gasteiger partial charge < -0.3 is 13.6 Å². The van der Waals surface area contributed by atoms with E-state index in [4.69, 9.17) is 13.6 Å². The van der Waals surface area contributed by atoms with Gasteiger partial charge >= 0.3 is 8.56 Å². The highest BCUT2D eigenvalue weighted by Gasteiger charge is 2.58. The van der Waals surface area contributed by atoms with Crippen LogP contribution in [0.15, 0.2) is 0 Å². The SMILES string of the molecule is CCCCCCCCCCCCCCCCC.CCOC1(CC)CCCC[Si]1(OCC)OCC.F. The van der Waals surface area contributed by atoms with Gasteiger partial charge in [-0.05, 0) is 39.7 Å². The Morgan fingerprint density at radius 2 is 0.943 bits per heavy atom. The van der Waals surface area contributed by atoms with Crippen LogP contribution in [0, 0.1) is 0 Å². The fourth-order valence-corrected chi connectivity index (χ4v) is 10.0. The van der Waals surface area contributed by atoms with Crippen molar-refractivity contribution in [3.63, 3.8) is 0 Å². The zero-order chi connectivity index (χ0) is 25.4. The van der Waals surface area contributed by atoms with Crippen molar-refractivity contribution in [2.75, 3.05) is 19.8 Å². The minimum atomic E-state index is -2.21. The van der Waals surface area contributed by atoms with E-state index in [-0.39, 0.29) is 9.93 Å². The summed E-state index contributed by atoms with van der Waals surface area (Å²) in [6.45, 7) is 15.2. The molecular weight excluding hydrogens is 455 g/mol. The van der Waals surface area contributed by atoms with Crippen LogP contribution in [0.2, 0.25) is 6.04 Å². The van der Waals surface area contributed by atoms with E-state index in [1.807, 2.05) is 0 Å². The molecule has 0 saturated carbocycles. The van der Waals surface area contributed by atoms with Crippen molar-refractivity contribution in [2.24, 2.45) is 0 Å². The lowest BCUT2D eigenvalue weighted by molar-refractivity contribution is -0.0426. The van der Waals surface area contributed by atoms with Gasteiger partial charge in [0.15, 0.2) is 0 Å². The van der Waals surface area contributed by atoms with Crippen molar-refractivity contribution in [3.05, 3.63) is 0 Å². The van der Waals surface area contributed by atoms with Crippen LogP contribution in [0.5, 0.6) is 0 Å². The van der Waals surface area contributed by atoms with E-state index in [1.165, 1.54) is 109 Å². The zero-order valence-corrected chi connectivity index (χ0v) is 25.9. The first-order valence-corrected chi connectivity index (χ1v) is 17.6. The second-order valence-electron chi connectivity index (χ2n) is 10.2. The number of hydrogen-bond acceptors (Lipinski definition) is 3. The number of hydrogen-bond donors (Lipinski definition) is 0. The van der Waals surface area contributed by atoms with Crippen molar-refractivity contribution < 1.29 is 18.3 Å². The Labute approximate surface area is 221 Å². The summed E-state index contributed by atoms with van der Waals surface area (Å²) in [5.74, 6) is 0. The lowest BCUT2D eigenvalue weighted by Crippen LogP contribution is -2.65. The summed E-state index contributed by atoms with van der Waals surface area (Å²) in [5.41, 5.74) is 0. The molecule has 1 saturated heterocycles. The average molecular weight is 521 g/mol. The van der Waals surface area contributed by atoms with Gasteiger partial charge in [-0.25, -0.2) is 0 Å². The van der Waals surface area contributed by atoms with Crippen LogP contribution < -0.4 is 0 Å². The first-order chi connectivity index (χ1) is 16.6. The molecule has 0 spiro atoms. The first kappa shape index (κ1) is 37.2. The fourth-order valence-electron chi connectivity index (χ4n) is 5.55. The predicted octanol–water partition coefficient (Wildman–Crippen LogP) is 10.4. The second-order valence-corrected chi connectivity index (χ2v) is 13.7. The van der Waals surface area contributed by atoms with Gasteiger partial charge in [-0.1, -0.05) is 130 Å². The molecular formula is C30H65FO3Si. The largest absolute Gasteiger partial charge is 0.393 e. The third kappa shape index (κ3) is 15.8. The number of ether oxygens (including phenoxy) is 1. The molecule has 1 aliphatic rings. The molecule has 3 nitrogen and oxygen atoms in total. The van der Waals surface area contributed by atoms with Gasteiger partial charge in [0.05, 0.1) is 0 Å². The van der Waals surface area contributed by atoms with Crippen LogP contribution in [-0.2, 0) is 13.6 Å². The van der Waals surface area contributed by atoms with Gasteiger partial charge in [0.2, 0.25) is 0 Å². The van der Waals surface area contributed by atoms with Crippen LogP contribution >= 0.6 is 0 Å². The van der Waals surface area contributed by atoms with Gasteiger partial charge in [0.1, 0.15) is 5.22 Å². The highest BCUT2D eigenvalue weighted by atomic mass is 28.4. The van der Waals surface area contributed by atoms with Crippen molar-refractivity contribution in [1.29, 1.82) is 0 Å². The third-order valence-electron chi connectivity index (χ3n) is 7.48. The molecule has 0 bridgehead atoms. The van der Waals surface area contributed by atoms with Gasteiger partial charge in [-0.15, -0.1) is 0 Å². The minimum Gasteiger partial charge on any atom is -0.393 e. The van der Waals surface area contributed by atoms with E-state index < -0.39 is 8.56 Å². The van der Waals surface area contributed by atoms with E-state index in [9.17, 15) is 0 Å². The van der Waals surface area contributed by atoms with Crippen molar-refractivity contribution in [3.8, 4) is 0 Å². The predicted molar refractivity (Wildman–Crippen MR) is 155 cm³/mol. The van der Waals surface area contributed by atoms with Gasteiger partial charge in [-0.3, -0.25) is 4.70 Å². The molecule has 5 heteroatoms. The molecule has 1 aliphatic heterocycles. The standard InChI is InChI=1S/C17H36.C13H28O3Si.FH/c1-3-5-7-9-11-13-15-17-16-14-12-10-8-6-4-2;1-5-13(14-6-2)11-9-10-12-17(13,15-7-3)16-8-4;/h3-17H2,1-2H3;5-12H2,1-4H3;1H. The van der Waals surface area contributed by atoms with Gasteiger partial charge in [0, 0.05) is 19.8 Å². The lowest BCUT2D eigenvalue weighted by atomic mass is 10.0. The van der Waals surface area contributed by atoms with Crippen molar-refractivity contribution in [2.45, 2.75) is 175 Å². The van der Waals surface area contributed by atoms with Crippen LogP contribution in [-0.4, -0.2) is 33.6 Å². The third-order valence-corrected chi connectivity index (χ3v) is 12.1. The molecule has 0 amide bonds. The van der Waals surface area contributed by atoms with Crippen LogP contribution in [0.4, 0.5) is 4.70 Å². The maximum atomic E-state index is 6.16. The zero-order valence-electron chi connectivity index (χ0n) is 24.9. The summed E-state index contributed by atoms with van der Waals surface area (Å²) in [4.78, 5) is 0. The summed E-state index contributed by atoms with van der Waals surface area (Å²) in [5, 5.41) is -0.119. The molecule has 0 aromatic rings. The molecule has 0 aromatic heterocycles. The smallest absolute Gasteiger partial charge is 0.371 e. The van der Waals surface area contributed by atoms with Gasteiger partial charge in [0.25, 0.3) is 0 Å². The Morgan fingerprint density at radius 1 is 0.543 bits per heavy atom. The summed E-state index contributed by atoms with van der Waals surface area (Å²) >= 11 is 0. The van der Waals surface area contributed by atoms with E-state index in [0.29, 0.717) is 0 Å². The summed E-state index contributed by atoms with van der Waals surface area (Å²) in [6, 6.07) is 1.09. The Kier molecular flexibility index (Phi) is 27.3. The molecule has 0 N–H and O–H groups in total. The monoisotopic (exact) mass is 520 g/mol. The average Bonchev–Trinajstić information content (AvgIpc) is 2.84. The molecule has 1 unspecified atom stereocenters. The molecule has 1 fully saturated rings. The Balaban J connectivity index is 0. The Bertz CT molecular complexity index is 395. The Morgan fingerprint density at radius 3 is 1.26 bits per heavy atom. The molecule has 0 aliphatic carbocycles. The summed E-state index contributed by atoms with van der Waals surface area (Å²) < 4.78 is 18.5. The number of rotatable bonds is 21. The molecule has 1 atom stereocenters. The minimum absolute atomic E-state index is 0. The number of halogens is 1. The molecule has 1 rings (SSSR count). The topological polar surface area (TPSA) is 27.7 Å². The second kappa shape index (κ2) is 25.7. The normalized spacial score (nSPS) is 19.0. The lowest BCUT2D eigenvalue weighted by Gasteiger charge is -2.49. The molecule has 35 heavy (non-hydrogen) atoms. The van der Waals surface area contributed by atoms with Crippen molar-refractivity contribution in [1.82, 2.24) is 0 Å². The maximum absolute atomic E-state index is 6.16.